The summed E-state index contributed by atoms with van der Waals surface area (Å²) in [6.07, 6.45) is 4.80. The van der Waals surface area contributed by atoms with Crippen LogP contribution in [0.2, 0.25) is 0 Å². The molecule has 0 aromatic rings. The number of aliphatic hydroxyl groups is 1. The predicted molar refractivity (Wildman–Crippen MR) is 38.7 cm³/mol. The molecule has 3 rings (SSSR count). The zero-order chi connectivity index (χ0) is 7.59. The molecule has 0 radical (unpaired) electrons. The zero-order valence-corrected chi connectivity index (χ0v) is 6.10. The first-order chi connectivity index (χ1) is 5.29. The number of ketones is 1. The van der Waals surface area contributed by atoms with Crippen molar-refractivity contribution < 1.29 is 9.90 Å². The predicted octanol–water partition coefficient (Wildman–Crippen LogP) is 0.368. The highest BCUT2D eigenvalue weighted by molar-refractivity contribution is 5.93. The molecule has 2 fully saturated rings. The van der Waals surface area contributed by atoms with E-state index in [2.05, 4.69) is 12.2 Å². The molecular weight excluding hydrogens is 140 g/mol. The average molecular weight is 150 g/mol. The number of Topliss-reactive ketones (excluding diaryl/α,β-unsaturated/α-hetero) is 1. The molecule has 0 aromatic heterocycles. The van der Waals surface area contributed by atoms with E-state index in [0.717, 1.165) is 6.42 Å². The molecule has 0 aromatic carbocycles. The lowest BCUT2D eigenvalue weighted by Crippen LogP contribution is -2.53. The van der Waals surface area contributed by atoms with Crippen molar-refractivity contribution in [3.8, 4) is 0 Å². The zero-order valence-electron chi connectivity index (χ0n) is 6.10. The molecule has 0 saturated heterocycles. The number of aliphatic hydroxyl groups excluding tert-OH is 1. The number of carbonyl (C=O) groups excluding carboxylic acids is 1. The number of fused-ring (bicyclic) bond motifs is 5. The van der Waals surface area contributed by atoms with Gasteiger partial charge in [-0.05, 0) is 18.3 Å². The van der Waals surface area contributed by atoms with Crippen LogP contribution < -0.4 is 0 Å². The standard InChI is InChI=1S/C9H10O2/c10-8-6-4-1-2-5(3-4)7(6)9(8)11/h1-2,4-8,10H,3H2/t4-,5-,6-,7+,8+/m0/s1. The normalized spacial score (nSPS) is 57.9. The van der Waals surface area contributed by atoms with Gasteiger partial charge in [0.05, 0.1) is 0 Å². The van der Waals surface area contributed by atoms with Crippen LogP contribution in [-0.4, -0.2) is 17.0 Å². The van der Waals surface area contributed by atoms with Gasteiger partial charge in [-0.15, -0.1) is 0 Å². The van der Waals surface area contributed by atoms with Crippen molar-refractivity contribution in [1.29, 1.82) is 0 Å². The van der Waals surface area contributed by atoms with Crippen molar-refractivity contribution in [3.05, 3.63) is 12.2 Å². The third kappa shape index (κ3) is 0.486. The summed E-state index contributed by atoms with van der Waals surface area (Å²) in [7, 11) is 0. The highest BCUT2D eigenvalue weighted by Gasteiger charge is 2.60. The molecule has 2 bridgehead atoms. The van der Waals surface area contributed by atoms with Crippen molar-refractivity contribution in [1.82, 2.24) is 0 Å². The van der Waals surface area contributed by atoms with E-state index in [9.17, 15) is 9.90 Å². The van der Waals surface area contributed by atoms with Gasteiger partial charge in [-0.3, -0.25) is 4.79 Å². The van der Waals surface area contributed by atoms with E-state index in [4.69, 9.17) is 0 Å². The maximum absolute atomic E-state index is 11.1. The molecular formula is C9H10O2. The highest BCUT2D eigenvalue weighted by atomic mass is 16.3. The van der Waals surface area contributed by atoms with Crippen LogP contribution in [0.25, 0.3) is 0 Å². The fourth-order valence-corrected chi connectivity index (χ4v) is 2.96. The Balaban J connectivity index is 2.01. The lowest BCUT2D eigenvalue weighted by atomic mass is 9.65. The number of hydrogen-bond acceptors (Lipinski definition) is 2. The van der Waals surface area contributed by atoms with Crippen molar-refractivity contribution in [2.45, 2.75) is 12.5 Å². The Labute approximate surface area is 64.9 Å². The third-order valence-corrected chi connectivity index (χ3v) is 3.50. The van der Waals surface area contributed by atoms with Crippen LogP contribution in [0.1, 0.15) is 6.42 Å². The topological polar surface area (TPSA) is 37.3 Å². The molecule has 5 atom stereocenters. The lowest BCUT2D eigenvalue weighted by Gasteiger charge is -2.40. The second-order valence-corrected chi connectivity index (χ2v) is 3.90. The van der Waals surface area contributed by atoms with E-state index in [1.165, 1.54) is 0 Å². The lowest BCUT2D eigenvalue weighted by molar-refractivity contribution is -0.153. The molecule has 0 unspecified atom stereocenters. The summed E-state index contributed by atoms with van der Waals surface area (Å²) in [6, 6.07) is 0. The van der Waals surface area contributed by atoms with Gasteiger partial charge in [0.15, 0.2) is 5.78 Å². The minimum absolute atomic E-state index is 0.0897. The second-order valence-electron chi connectivity index (χ2n) is 3.90. The fourth-order valence-electron chi connectivity index (χ4n) is 2.96. The molecule has 3 aliphatic rings. The number of carbonyl (C=O) groups is 1. The van der Waals surface area contributed by atoms with Crippen LogP contribution in [0, 0.1) is 23.7 Å². The van der Waals surface area contributed by atoms with E-state index in [-0.39, 0.29) is 17.6 Å². The van der Waals surface area contributed by atoms with E-state index in [1.54, 1.807) is 0 Å². The number of rotatable bonds is 0. The molecule has 1 N–H and O–H groups in total. The fraction of sp³-hybridized carbons (Fsp3) is 0.667. The van der Waals surface area contributed by atoms with Crippen LogP contribution in [-0.2, 0) is 4.79 Å². The summed E-state index contributed by atoms with van der Waals surface area (Å²) in [4.78, 5) is 11.1. The van der Waals surface area contributed by atoms with Crippen molar-refractivity contribution in [2.75, 3.05) is 0 Å². The smallest absolute Gasteiger partial charge is 0.165 e. The SMILES string of the molecule is O=C1[C@H]2[C@H]([C@H]3C=C[C@H]2C3)[C@H]1O. The van der Waals surface area contributed by atoms with Gasteiger partial charge in [-0.1, -0.05) is 12.2 Å². The maximum Gasteiger partial charge on any atom is 0.165 e. The molecule has 0 aliphatic heterocycles. The number of hydrogen-bond donors (Lipinski definition) is 1. The van der Waals surface area contributed by atoms with Crippen LogP contribution in [0.15, 0.2) is 12.2 Å². The first kappa shape index (κ1) is 5.95. The van der Waals surface area contributed by atoms with Gasteiger partial charge >= 0.3 is 0 Å². The van der Waals surface area contributed by atoms with Crippen LogP contribution in [0.3, 0.4) is 0 Å². The van der Waals surface area contributed by atoms with Crippen molar-refractivity contribution >= 4 is 5.78 Å². The van der Waals surface area contributed by atoms with Crippen LogP contribution >= 0.6 is 0 Å². The van der Waals surface area contributed by atoms with E-state index in [0.29, 0.717) is 11.8 Å². The Kier molecular flexibility index (Phi) is 0.856. The Hall–Kier alpha value is -0.630. The largest absolute Gasteiger partial charge is 0.385 e. The van der Waals surface area contributed by atoms with Crippen molar-refractivity contribution in [2.24, 2.45) is 23.7 Å². The molecule has 0 heterocycles. The quantitative estimate of drug-likeness (QED) is 0.506. The monoisotopic (exact) mass is 150 g/mol. The Morgan fingerprint density at radius 1 is 1.36 bits per heavy atom. The first-order valence-electron chi connectivity index (χ1n) is 4.19. The minimum Gasteiger partial charge on any atom is -0.385 e. The Bertz CT molecular complexity index is 256. The molecule has 0 spiro atoms. The molecule has 11 heavy (non-hydrogen) atoms. The number of allylic oxidation sites excluding steroid dienone is 2. The molecule has 58 valence electrons. The summed E-state index contributed by atoms with van der Waals surface area (Å²) < 4.78 is 0. The maximum atomic E-state index is 11.1. The molecule has 2 nitrogen and oxygen atoms in total. The summed E-state index contributed by atoms with van der Waals surface area (Å²) in [5.41, 5.74) is 0. The van der Waals surface area contributed by atoms with Gasteiger partial charge in [0.2, 0.25) is 0 Å². The summed E-state index contributed by atoms with van der Waals surface area (Å²) in [6.45, 7) is 0. The highest BCUT2D eigenvalue weighted by Crippen LogP contribution is 2.55. The molecule has 0 amide bonds. The van der Waals surface area contributed by atoms with E-state index in [1.807, 2.05) is 0 Å². The van der Waals surface area contributed by atoms with Gasteiger partial charge in [-0.25, -0.2) is 0 Å². The van der Waals surface area contributed by atoms with Crippen LogP contribution in [0.5, 0.6) is 0 Å². The molecule has 2 heteroatoms. The Morgan fingerprint density at radius 3 is 2.82 bits per heavy atom. The van der Waals surface area contributed by atoms with Gasteiger partial charge in [0, 0.05) is 11.8 Å². The summed E-state index contributed by atoms with van der Waals surface area (Å²) in [5.74, 6) is 1.56. The Morgan fingerprint density at radius 2 is 2.09 bits per heavy atom. The minimum atomic E-state index is -0.625. The van der Waals surface area contributed by atoms with Gasteiger partial charge in [0.1, 0.15) is 6.10 Å². The van der Waals surface area contributed by atoms with Crippen LogP contribution in [0.4, 0.5) is 0 Å². The first-order valence-corrected chi connectivity index (χ1v) is 4.19. The second kappa shape index (κ2) is 1.58. The van der Waals surface area contributed by atoms with E-state index < -0.39 is 6.10 Å². The van der Waals surface area contributed by atoms with E-state index >= 15 is 0 Å². The van der Waals surface area contributed by atoms with Gasteiger partial charge in [0.25, 0.3) is 0 Å². The third-order valence-electron chi connectivity index (χ3n) is 3.50. The summed E-state index contributed by atoms with van der Waals surface area (Å²) in [5, 5.41) is 9.33. The van der Waals surface area contributed by atoms with Crippen molar-refractivity contribution in [3.63, 3.8) is 0 Å². The molecule has 3 aliphatic carbocycles. The summed E-state index contributed by atoms with van der Waals surface area (Å²) >= 11 is 0. The van der Waals surface area contributed by atoms with Gasteiger partial charge < -0.3 is 5.11 Å². The molecule has 2 saturated carbocycles. The average Bonchev–Trinajstić information content (AvgIpc) is 2.58. The van der Waals surface area contributed by atoms with Gasteiger partial charge in [-0.2, -0.15) is 0 Å².